The highest BCUT2D eigenvalue weighted by molar-refractivity contribution is 5.85. The third kappa shape index (κ3) is 8.82. The maximum atomic E-state index is 13.1. The lowest BCUT2D eigenvalue weighted by Crippen LogP contribution is -2.48. The molecule has 6 nitrogen and oxygen atoms in total. The Morgan fingerprint density at radius 2 is 1.18 bits per heavy atom. The van der Waals surface area contributed by atoms with E-state index in [0.29, 0.717) is 26.0 Å². The fraction of sp³-hybridized carbons (Fsp3) is 0.188. The summed E-state index contributed by atoms with van der Waals surface area (Å²) in [4.78, 5) is 25.6. The zero-order chi connectivity index (χ0) is 26.4. The average molecular weight is 509 g/mol. The second kappa shape index (κ2) is 14.2. The Morgan fingerprint density at radius 1 is 0.632 bits per heavy atom. The Bertz CT molecular complexity index is 1260. The fourth-order valence-electron chi connectivity index (χ4n) is 3.91. The minimum Gasteiger partial charge on any atom is -0.489 e. The SMILES string of the molecule is O=C(N[C@H](Cc1ccc(OCc2ccccc2)cc1)C(=O)NCCc1ccccc1)OCc1ccccc1. The monoisotopic (exact) mass is 508 g/mol. The number of amides is 2. The van der Waals surface area contributed by atoms with Crippen LogP contribution in [0.15, 0.2) is 115 Å². The van der Waals surface area contributed by atoms with E-state index in [1.54, 1.807) is 0 Å². The highest BCUT2D eigenvalue weighted by atomic mass is 16.5. The van der Waals surface area contributed by atoms with Crippen LogP contribution in [0.25, 0.3) is 0 Å². The zero-order valence-corrected chi connectivity index (χ0v) is 21.2. The van der Waals surface area contributed by atoms with Gasteiger partial charge in [0, 0.05) is 13.0 Å². The molecule has 2 amide bonds. The Labute approximate surface area is 223 Å². The normalized spacial score (nSPS) is 11.3. The van der Waals surface area contributed by atoms with Crippen LogP contribution in [0.2, 0.25) is 0 Å². The molecule has 0 spiro atoms. The van der Waals surface area contributed by atoms with E-state index < -0.39 is 12.1 Å². The molecular weight excluding hydrogens is 476 g/mol. The molecule has 0 aliphatic rings. The molecule has 0 saturated carbocycles. The van der Waals surface area contributed by atoms with Crippen molar-refractivity contribution in [1.82, 2.24) is 10.6 Å². The van der Waals surface area contributed by atoms with Crippen molar-refractivity contribution < 1.29 is 19.1 Å². The van der Waals surface area contributed by atoms with Crippen molar-refractivity contribution >= 4 is 12.0 Å². The van der Waals surface area contributed by atoms with E-state index >= 15 is 0 Å². The van der Waals surface area contributed by atoms with Crippen LogP contribution in [0.3, 0.4) is 0 Å². The molecule has 0 heterocycles. The molecule has 6 heteroatoms. The molecule has 2 N–H and O–H groups in total. The largest absolute Gasteiger partial charge is 0.489 e. The maximum absolute atomic E-state index is 13.1. The van der Waals surface area contributed by atoms with Gasteiger partial charge in [-0.15, -0.1) is 0 Å². The molecule has 0 aromatic heterocycles. The third-order valence-electron chi connectivity index (χ3n) is 5.99. The molecule has 0 radical (unpaired) electrons. The van der Waals surface area contributed by atoms with Gasteiger partial charge in [0.2, 0.25) is 5.91 Å². The first kappa shape index (κ1) is 26.5. The third-order valence-corrected chi connectivity index (χ3v) is 5.99. The van der Waals surface area contributed by atoms with Crippen molar-refractivity contribution in [3.05, 3.63) is 138 Å². The molecule has 38 heavy (non-hydrogen) atoms. The zero-order valence-electron chi connectivity index (χ0n) is 21.2. The minimum atomic E-state index is -0.787. The van der Waals surface area contributed by atoms with E-state index in [9.17, 15) is 9.59 Å². The Hall–Kier alpha value is -4.58. The van der Waals surface area contributed by atoms with Gasteiger partial charge in [0.25, 0.3) is 0 Å². The van der Waals surface area contributed by atoms with Gasteiger partial charge in [0.15, 0.2) is 0 Å². The van der Waals surface area contributed by atoms with Crippen LogP contribution in [-0.2, 0) is 35.6 Å². The first-order valence-electron chi connectivity index (χ1n) is 12.7. The van der Waals surface area contributed by atoms with Gasteiger partial charge in [0.05, 0.1) is 0 Å². The lowest BCUT2D eigenvalue weighted by atomic mass is 10.0. The molecule has 0 saturated heterocycles. The highest BCUT2D eigenvalue weighted by Gasteiger charge is 2.22. The van der Waals surface area contributed by atoms with Crippen LogP contribution >= 0.6 is 0 Å². The smallest absolute Gasteiger partial charge is 0.408 e. The molecule has 0 aliphatic heterocycles. The van der Waals surface area contributed by atoms with Crippen LogP contribution in [0.4, 0.5) is 4.79 Å². The van der Waals surface area contributed by atoms with Crippen LogP contribution in [0, 0.1) is 0 Å². The minimum absolute atomic E-state index is 0.127. The van der Waals surface area contributed by atoms with E-state index in [-0.39, 0.29) is 12.5 Å². The van der Waals surface area contributed by atoms with Crippen molar-refractivity contribution in [2.45, 2.75) is 32.1 Å². The molecule has 194 valence electrons. The number of hydrogen-bond acceptors (Lipinski definition) is 4. The van der Waals surface area contributed by atoms with Crippen LogP contribution < -0.4 is 15.4 Å². The van der Waals surface area contributed by atoms with Gasteiger partial charge in [-0.3, -0.25) is 4.79 Å². The average Bonchev–Trinajstić information content (AvgIpc) is 2.97. The summed E-state index contributed by atoms with van der Waals surface area (Å²) in [5.41, 5.74) is 3.98. The van der Waals surface area contributed by atoms with Crippen LogP contribution in [0.1, 0.15) is 22.3 Å². The van der Waals surface area contributed by atoms with E-state index in [1.807, 2.05) is 115 Å². The maximum Gasteiger partial charge on any atom is 0.408 e. The van der Waals surface area contributed by atoms with Gasteiger partial charge in [-0.25, -0.2) is 4.79 Å². The molecular formula is C32H32N2O4. The van der Waals surface area contributed by atoms with Gasteiger partial charge in [-0.2, -0.15) is 0 Å². The first-order chi connectivity index (χ1) is 18.7. The molecule has 0 aliphatic carbocycles. The van der Waals surface area contributed by atoms with Gasteiger partial charge in [-0.1, -0.05) is 103 Å². The molecule has 0 bridgehead atoms. The van der Waals surface area contributed by atoms with Crippen molar-refractivity contribution in [3.8, 4) is 5.75 Å². The number of nitrogens with one attached hydrogen (secondary N) is 2. The van der Waals surface area contributed by atoms with Crippen molar-refractivity contribution in [2.24, 2.45) is 0 Å². The fourth-order valence-corrected chi connectivity index (χ4v) is 3.91. The molecule has 4 aromatic carbocycles. The van der Waals surface area contributed by atoms with E-state index in [0.717, 1.165) is 28.0 Å². The van der Waals surface area contributed by atoms with Crippen molar-refractivity contribution in [1.29, 1.82) is 0 Å². The van der Waals surface area contributed by atoms with Crippen molar-refractivity contribution in [3.63, 3.8) is 0 Å². The number of alkyl carbamates (subject to hydrolysis) is 1. The van der Waals surface area contributed by atoms with E-state index in [2.05, 4.69) is 10.6 Å². The summed E-state index contributed by atoms with van der Waals surface area (Å²) in [5, 5.41) is 5.69. The lowest BCUT2D eigenvalue weighted by Gasteiger charge is -2.19. The standard InChI is InChI=1S/C32H32N2O4/c35-31(33-21-20-25-10-4-1-5-11-25)30(34-32(36)38-24-28-14-8-3-9-15-28)22-26-16-18-29(19-17-26)37-23-27-12-6-2-7-13-27/h1-19,30H,20-24H2,(H,33,35)(H,34,36)/t30-/m1/s1. The molecule has 0 fully saturated rings. The summed E-state index contributed by atoms with van der Waals surface area (Å²) in [5.74, 6) is 0.471. The Balaban J connectivity index is 1.34. The van der Waals surface area contributed by atoms with Gasteiger partial charge in [0.1, 0.15) is 25.0 Å². The predicted octanol–water partition coefficient (Wildman–Crippen LogP) is 5.46. The van der Waals surface area contributed by atoms with Crippen LogP contribution in [-0.4, -0.2) is 24.6 Å². The predicted molar refractivity (Wildman–Crippen MR) is 148 cm³/mol. The van der Waals surface area contributed by atoms with Gasteiger partial charge >= 0.3 is 6.09 Å². The molecule has 0 unspecified atom stereocenters. The summed E-state index contributed by atoms with van der Waals surface area (Å²) in [6.45, 7) is 1.07. The number of ether oxygens (including phenoxy) is 2. The number of carbonyl (C=O) groups is 2. The Kier molecular flexibility index (Phi) is 9.92. The first-order valence-corrected chi connectivity index (χ1v) is 12.7. The molecule has 4 aromatic rings. The highest BCUT2D eigenvalue weighted by Crippen LogP contribution is 2.16. The molecule has 4 rings (SSSR count). The Morgan fingerprint density at radius 3 is 1.79 bits per heavy atom. The summed E-state index contributed by atoms with van der Waals surface area (Å²) >= 11 is 0. The molecule has 1 atom stereocenters. The second-order valence-electron chi connectivity index (χ2n) is 8.91. The summed E-state index contributed by atoms with van der Waals surface area (Å²) < 4.78 is 11.2. The quantitative estimate of drug-likeness (QED) is 0.266. The number of rotatable bonds is 12. The summed E-state index contributed by atoms with van der Waals surface area (Å²) in [6, 6.07) is 36.1. The lowest BCUT2D eigenvalue weighted by molar-refractivity contribution is -0.123. The van der Waals surface area contributed by atoms with E-state index in [1.165, 1.54) is 0 Å². The summed E-state index contributed by atoms with van der Waals surface area (Å²) in [7, 11) is 0. The second-order valence-corrected chi connectivity index (χ2v) is 8.91. The van der Waals surface area contributed by atoms with Crippen molar-refractivity contribution in [2.75, 3.05) is 6.54 Å². The number of carbonyl (C=O) groups excluding carboxylic acids is 2. The topological polar surface area (TPSA) is 76.7 Å². The van der Waals surface area contributed by atoms with E-state index in [4.69, 9.17) is 9.47 Å². The van der Waals surface area contributed by atoms with Crippen LogP contribution in [0.5, 0.6) is 5.75 Å². The van der Waals surface area contributed by atoms with Gasteiger partial charge in [-0.05, 0) is 40.8 Å². The van der Waals surface area contributed by atoms with Gasteiger partial charge < -0.3 is 20.1 Å². The summed E-state index contributed by atoms with van der Waals surface area (Å²) in [6.07, 6.45) is 0.377. The number of hydrogen-bond donors (Lipinski definition) is 2. The number of benzene rings is 4.